The molecule has 24 heavy (non-hydrogen) atoms. The van der Waals surface area contributed by atoms with Crippen LogP contribution >= 0.6 is 0 Å². The number of unbranched alkanes of at least 4 members (excludes halogenated alkanes) is 9. The van der Waals surface area contributed by atoms with Gasteiger partial charge in [-0.2, -0.15) is 0 Å². The van der Waals surface area contributed by atoms with Gasteiger partial charge in [0.05, 0.1) is 6.10 Å². The molecule has 2 atom stereocenters. The molecule has 2 unspecified atom stereocenters. The molecule has 0 aromatic rings. The van der Waals surface area contributed by atoms with Gasteiger partial charge >= 0.3 is 0 Å². The van der Waals surface area contributed by atoms with E-state index in [0.29, 0.717) is 6.42 Å². The molecule has 5 nitrogen and oxygen atoms in total. The first-order chi connectivity index (χ1) is 11.3. The molecule has 0 saturated carbocycles. The third-order valence-electron chi connectivity index (χ3n) is 4.72. The van der Waals surface area contributed by atoms with Gasteiger partial charge in [-0.3, -0.25) is 9.59 Å². The highest BCUT2D eigenvalue weighted by molar-refractivity contribution is 6.08. The van der Waals surface area contributed by atoms with Gasteiger partial charge in [-0.25, -0.2) is 0 Å². The summed E-state index contributed by atoms with van der Waals surface area (Å²) in [5.41, 5.74) is -2.50. The lowest BCUT2D eigenvalue weighted by molar-refractivity contribution is -0.170. The molecular formula is C19H36O5. The predicted octanol–water partition coefficient (Wildman–Crippen LogP) is 2.93. The van der Waals surface area contributed by atoms with Crippen molar-refractivity contribution in [3.8, 4) is 0 Å². The summed E-state index contributed by atoms with van der Waals surface area (Å²) in [5.74, 6) is -1.69. The van der Waals surface area contributed by atoms with E-state index >= 15 is 0 Å². The van der Waals surface area contributed by atoms with E-state index in [1.165, 1.54) is 38.5 Å². The number of aliphatic hydroxyl groups excluding tert-OH is 2. The number of rotatable bonds is 15. The Morgan fingerprint density at radius 3 is 1.54 bits per heavy atom. The molecule has 5 heteroatoms. The number of carbonyl (C=O) groups is 2. The summed E-state index contributed by atoms with van der Waals surface area (Å²) in [7, 11) is 0. The van der Waals surface area contributed by atoms with Gasteiger partial charge in [-0.1, -0.05) is 71.1 Å². The summed E-state index contributed by atoms with van der Waals surface area (Å²) in [6, 6.07) is 0. The second-order valence-electron chi connectivity index (χ2n) is 6.86. The highest BCUT2D eigenvalue weighted by Crippen LogP contribution is 2.21. The molecule has 0 aliphatic carbocycles. The van der Waals surface area contributed by atoms with Gasteiger partial charge in [0.25, 0.3) is 0 Å². The van der Waals surface area contributed by atoms with Crippen molar-refractivity contribution in [1.82, 2.24) is 0 Å². The maximum atomic E-state index is 11.5. The summed E-state index contributed by atoms with van der Waals surface area (Å²) in [6.45, 7) is 4.29. The van der Waals surface area contributed by atoms with Gasteiger partial charge in [0.2, 0.25) is 5.60 Å². The Balaban J connectivity index is 3.91. The second kappa shape index (κ2) is 12.6. The smallest absolute Gasteiger partial charge is 0.209 e. The molecule has 142 valence electrons. The van der Waals surface area contributed by atoms with Gasteiger partial charge in [-0.15, -0.1) is 0 Å². The minimum absolute atomic E-state index is 0.264. The van der Waals surface area contributed by atoms with E-state index < -0.39 is 29.4 Å². The fraction of sp³-hybridized carbons (Fsp3) is 0.895. The van der Waals surface area contributed by atoms with Crippen molar-refractivity contribution in [2.75, 3.05) is 0 Å². The van der Waals surface area contributed by atoms with Crippen LogP contribution in [0.2, 0.25) is 0 Å². The number of hydrogen-bond acceptors (Lipinski definition) is 5. The summed E-state index contributed by atoms with van der Waals surface area (Å²) in [4.78, 5) is 22.9. The van der Waals surface area contributed by atoms with E-state index in [9.17, 15) is 24.9 Å². The number of hydrogen-bond donors (Lipinski definition) is 3. The van der Waals surface area contributed by atoms with Crippen LogP contribution in [0.4, 0.5) is 0 Å². The van der Waals surface area contributed by atoms with Gasteiger partial charge in [0, 0.05) is 0 Å². The zero-order valence-corrected chi connectivity index (χ0v) is 15.6. The van der Waals surface area contributed by atoms with Crippen LogP contribution < -0.4 is 0 Å². The summed E-state index contributed by atoms with van der Waals surface area (Å²) >= 11 is 0. The molecule has 0 fully saturated rings. The zero-order valence-electron chi connectivity index (χ0n) is 15.6. The molecule has 0 aliphatic heterocycles. The summed E-state index contributed by atoms with van der Waals surface area (Å²) < 4.78 is 0. The fourth-order valence-electron chi connectivity index (χ4n) is 2.94. The minimum Gasteiger partial charge on any atom is -0.390 e. The molecule has 0 bridgehead atoms. The first-order valence-corrected chi connectivity index (χ1v) is 9.39. The standard InChI is InChI=1S/C19H36O5/c1-4-5-6-7-8-9-10-11-12-13-14-17(22)18(23)19(24,15(2)20)16(3)21/h17-18,22-24H,4-14H2,1-3H3. The molecular weight excluding hydrogens is 308 g/mol. The van der Waals surface area contributed by atoms with Crippen molar-refractivity contribution in [1.29, 1.82) is 0 Å². The monoisotopic (exact) mass is 344 g/mol. The maximum absolute atomic E-state index is 11.5. The van der Waals surface area contributed by atoms with Crippen molar-refractivity contribution >= 4 is 11.6 Å². The van der Waals surface area contributed by atoms with Crippen molar-refractivity contribution in [2.24, 2.45) is 0 Å². The van der Waals surface area contributed by atoms with Gasteiger partial charge in [-0.05, 0) is 20.3 Å². The zero-order chi connectivity index (χ0) is 18.6. The first kappa shape index (κ1) is 23.2. The number of ketones is 2. The lowest BCUT2D eigenvalue weighted by atomic mass is 9.84. The Morgan fingerprint density at radius 1 is 0.792 bits per heavy atom. The molecule has 0 saturated heterocycles. The Morgan fingerprint density at radius 2 is 1.17 bits per heavy atom. The number of aliphatic hydroxyl groups is 3. The molecule has 0 radical (unpaired) electrons. The van der Waals surface area contributed by atoms with E-state index in [4.69, 9.17) is 0 Å². The van der Waals surface area contributed by atoms with Crippen molar-refractivity contribution in [3.05, 3.63) is 0 Å². The average molecular weight is 344 g/mol. The minimum atomic E-state index is -2.50. The van der Waals surface area contributed by atoms with E-state index in [1.54, 1.807) is 0 Å². The SMILES string of the molecule is CCCCCCCCCCCCC(O)C(O)C(O)(C(C)=O)C(C)=O. The van der Waals surface area contributed by atoms with E-state index in [0.717, 1.165) is 33.1 Å². The van der Waals surface area contributed by atoms with Crippen LogP contribution in [-0.4, -0.2) is 44.7 Å². The number of Topliss-reactive ketones (excluding diaryl/α,β-unsaturated/α-hetero) is 2. The molecule has 0 aliphatic rings. The van der Waals surface area contributed by atoms with Crippen molar-refractivity contribution in [2.45, 2.75) is 109 Å². The van der Waals surface area contributed by atoms with Crippen molar-refractivity contribution < 1.29 is 24.9 Å². The second-order valence-corrected chi connectivity index (χ2v) is 6.86. The topological polar surface area (TPSA) is 94.8 Å². The highest BCUT2D eigenvalue weighted by atomic mass is 16.4. The Hall–Kier alpha value is -0.780. The lowest BCUT2D eigenvalue weighted by Crippen LogP contribution is -2.58. The molecule has 0 amide bonds. The van der Waals surface area contributed by atoms with Crippen molar-refractivity contribution in [3.63, 3.8) is 0 Å². The third-order valence-corrected chi connectivity index (χ3v) is 4.72. The molecule has 0 rings (SSSR count). The average Bonchev–Trinajstić information content (AvgIpc) is 2.54. The van der Waals surface area contributed by atoms with Crippen LogP contribution in [0.25, 0.3) is 0 Å². The fourth-order valence-corrected chi connectivity index (χ4v) is 2.94. The van der Waals surface area contributed by atoms with Gasteiger partial charge < -0.3 is 15.3 Å². The van der Waals surface area contributed by atoms with Crippen LogP contribution in [-0.2, 0) is 9.59 Å². The summed E-state index contributed by atoms with van der Waals surface area (Å²) in [6.07, 6.45) is 8.75. The summed E-state index contributed by atoms with van der Waals surface area (Å²) in [5, 5.41) is 30.0. The predicted molar refractivity (Wildman–Crippen MR) is 94.8 cm³/mol. The quantitative estimate of drug-likeness (QED) is 0.314. The van der Waals surface area contributed by atoms with Crippen LogP contribution in [0, 0.1) is 0 Å². The first-order valence-electron chi connectivity index (χ1n) is 9.39. The van der Waals surface area contributed by atoms with Gasteiger partial charge in [0.15, 0.2) is 11.6 Å². The lowest BCUT2D eigenvalue weighted by Gasteiger charge is -2.31. The number of carbonyl (C=O) groups excluding carboxylic acids is 2. The van der Waals surface area contributed by atoms with Crippen LogP contribution in [0.1, 0.15) is 91.4 Å². The Bertz CT molecular complexity index is 353. The molecule has 0 spiro atoms. The molecule has 0 aromatic carbocycles. The van der Waals surface area contributed by atoms with E-state index in [1.807, 2.05) is 0 Å². The van der Waals surface area contributed by atoms with E-state index in [-0.39, 0.29) is 6.42 Å². The van der Waals surface area contributed by atoms with Gasteiger partial charge in [0.1, 0.15) is 6.10 Å². The third kappa shape index (κ3) is 7.86. The molecule has 0 aromatic heterocycles. The van der Waals surface area contributed by atoms with E-state index in [2.05, 4.69) is 6.92 Å². The molecule has 3 N–H and O–H groups in total. The Kier molecular flexibility index (Phi) is 12.2. The largest absolute Gasteiger partial charge is 0.390 e. The van der Waals surface area contributed by atoms with Crippen LogP contribution in [0.5, 0.6) is 0 Å². The normalized spacial score (nSPS) is 14.4. The van der Waals surface area contributed by atoms with Crippen LogP contribution in [0.3, 0.4) is 0 Å². The highest BCUT2D eigenvalue weighted by Gasteiger charge is 2.48. The molecule has 0 heterocycles. The maximum Gasteiger partial charge on any atom is 0.209 e. The van der Waals surface area contributed by atoms with Crippen LogP contribution in [0.15, 0.2) is 0 Å². The Labute approximate surface area is 146 Å².